The first-order chi connectivity index (χ1) is 35.8. The molecule has 4 aliphatic rings. The van der Waals surface area contributed by atoms with E-state index in [-0.39, 0.29) is 13.2 Å². The Morgan fingerprint density at radius 3 is 0.946 bits per heavy atom. The van der Waals surface area contributed by atoms with Crippen LogP contribution in [0.3, 0.4) is 0 Å². The number of aliphatic hydroxyl groups excluding tert-OH is 13. The van der Waals surface area contributed by atoms with E-state index in [0.717, 1.165) is 38.5 Å². The molecule has 0 amide bonds. The number of ether oxygens (including phenoxy) is 10. The number of aliphatic hydroxyl groups is 13. The van der Waals surface area contributed by atoms with Crippen molar-refractivity contribution in [2.45, 2.75) is 271 Å². The number of unbranched alkanes of at least 4 members (excludes halogenated alkanes) is 18. The van der Waals surface area contributed by atoms with Gasteiger partial charge in [-0.2, -0.15) is 0 Å². The molecule has 4 aliphatic heterocycles. The molecule has 4 heterocycles. The van der Waals surface area contributed by atoms with Gasteiger partial charge in [0.15, 0.2) is 25.2 Å². The van der Waals surface area contributed by atoms with Gasteiger partial charge in [-0.1, -0.05) is 129 Å². The van der Waals surface area contributed by atoms with Gasteiger partial charge in [-0.25, -0.2) is 0 Å². The zero-order chi connectivity index (χ0) is 54.0. The second kappa shape index (κ2) is 36.4. The van der Waals surface area contributed by atoms with Crippen LogP contribution in [0, 0.1) is 0 Å². The molecule has 0 saturated carbocycles. The normalized spacial score (nSPS) is 37.0. The lowest BCUT2D eigenvalue weighted by atomic mass is 9.95. The molecule has 4 saturated heterocycles. The Balaban J connectivity index is 1.31. The van der Waals surface area contributed by atoms with E-state index in [1.165, 1.54) is 89.9 Å². The van der Waals surface area contributed by atoms with Crippen LogP contribution < -0.4 is 0 Å². The van der Waals surface area contributed by atoms with Crippen LogP contribution in [0.1, 0.15) is 142 Å². The molecule has 0 bridgehead atoms. The third-order valence-electron chi connectivity index (χ3n) is 14.4. The van der Waals surface area contributed by atoms with Gasteiger partial charge in [0, 0.05) is 13.2 Å². The fourth-order valence-electron chi connectivity index (χ4n) is 9.77. The number of hydrogen-bond donors (Lipinski definition) is 13. The molecule has 4 fully saturated rings. The van der Waals surface area contributed by atoms with Crippen molar-refractivity contribution in [3.63, 3.8) is 0 Å². The summed E-state index contributed by atoms with van der Waals surface area (Å²) in [6.45, 7) is 2.26. The second-order valence-corrected chi connectivity index (χ2v) is 20.4. The molecule has 4 rings (SSSR count). The summed E-state index contributed by atoms with van der Waals surface area (Å²) in [5.41, 5.74) is 0. The van der Waals surface area contributed by atoms with E-state index < -0.39 is 155 Å². The molecule has 74 heavy (non-hydrogen) atoms. The van der Waals surface area contributed by atoms with Gasteiger partial charge in [-0.3, -0.25) is 0 Å². The van der Waals surface area contributed by atoms with E-state index in [0.29, 0.717) is 13.2 Å². The van der Waals surface area contributed by atoms with E-state index in [1.807, 2.05) is 0 Å². The standard InChI is InChI=1S/C51H96O23/c1-3-5-7-9-11-13-15-17-19-21-23-65-29-31(30-66-24-22-20-18-16-14-12-10-8-6-4-2)67-48-42(62)38(58)45(33(26-53)69-48)73-50-44(64)40(60)47(35(28-55)71-50)74-51-43(63)39(59)46(34(27-54)70-51)72-49-41(61)37(57)36(56)32(25-52)68-49/h31-64H,3-30H2,1-2H3/t32-,33-,34-,35-,36-,37+,38-,39-,40-,41-,42-,43-,44-,45-,46-,47-,48-,49-,50-,51+/m1/s1. The van der Waals surface area contributed by atoms with Crippen LogP contribution in [0.25, 0.3) is 0 Å². The summed E-state index contributed by atoms with van der Waals surface area (Å²) < 4.78 is 58.1. The van der Waals surface area contributed by atoms with E-state index in [9.17, 15) is 66.4 Å². The monoisotopic (exact) mass is 1080 g/mol. The van der Waals surface area contributed by atoms with Gasteiger partial charge in [0.1, 0.15) is 104 Å². The van der Waals surface area contributed by atoms with Crippen LogP contribution >= 0.6 is 0 Å². The highest BCUT2D eigenvalue weighted by Crippen LogP contribution is 2.35. The highest BCUT2D eigenvalue weighted by atomic mass is 16.8. The minimum absolute atomic E-state index is 0.104. The maximum absolute atomic E-state index is 11.4. The molecule has 20 atom stereocenters. The first kappa shape index (κ1) is 65.6. The molecule has 0 unspecified atom stereocenters. The molecular weight excluding hydrogens is 981 g/mol. The quantitative estimate of drug-likeness (QED) is 0.0347. The fraction of sp³-hybridized carbons (Fsp3) is 1.00. The van der Waals surface area contributed by atoms with Crippen molar-refractivity contribution >= 4 is 0 Å². The van der Waals surface area contributed by atoms with Gasteiger partial charge in [-0.05, 0) is 12.8 Å². The molecule has 0 aromatic carbocycles. The Morgan fingerprint density at radius 1 is 0.324 bits per heavy atom. The largest absolute Gasteiger partial charge is 0.394 e. The van der Waals surface area contributed by atoms with Gasteiger partial charge < -0.3 is 114 Å². The summed E-state index contributed by atoms with van der Waals surface area (Å²) in [4.78, 5) is 0. The highest BCUT2D eigenvalue weighted by molar-refractivity contribution is 4.98. The van der Waals surface area contributed by atoms with Crippen LogP contribution in [-0.2, 0) is 47.4 Å². The molecule has 438 valence electrons. The van der Waals surface area contributed by atoms with Crippen molar-refractivity contribution < 1.29 is 114 Å². The Labute approximate surface area is 436 Å². The number of rotatable bonds is 38. The average Bonchev–Trinajstić information content (AvgIpc) is 3.40. The van der Waals surface area contributed by atoms with E-state index in [1.54, 1.807) is 0 Å². The van der Waals surface area contributed by atoms with Crippen molar-refractivity contribution in [3.8, 4) is 0 Å². The Kier molecular flexibility index (Phi) is 32.2. The predicted molar refractivity (Wildman–Crippen MR) is 262 cm³/mol. The van der Waals surface area contributed by atoms with Gasteiger partial charge in [0.05, 0.1) is 39.6 Å². The van der Waals surface area contributed by atoms with Gasteiger partial charge in [-0.15, -0.1) is 0 Å². The molecule has 13 N–H and O–H groups in total. The molecule has 23 heteroatoms. The fourth-order valence-corrected chi connectivity index (χ4v) is 9.77. The Hall–Kier alpha value is -0.920. The molecule has 0 aliphatic carbocycles. The predicted octanol–water partition coefficient (Wildman–Crippen LogP) is -0.481. The summed E-state index contributed by atoms with van der Waals surface area (Å²) in [5, 5.41) is 139. The van der Waals surface area contributed by atoms with Crippen LogP contribution in [0.15, 0.2) is 0 Å². The molecule has 23 nitrogen and oxygen atoms in total. The maximum Gasteiger partial charge on any atom is 0.187 e. The van der Waals surface area contributed by atoms with Crippen molar-refractivity contribution in [1.82, 2.24) is 0 Å². The van der Waals surface area contributed by atoms with Gasteiger partial charge >= 0.3 is 0 Å². The van der Waals surface area contributed by atoms with Crippen molar-refractivity contribution in [2.75, 3.05) is 52.9 Å². The van der Waals surface area contributed by atoms with Gasteiger partial charge in [0.2, 0.25) is 0 Å². The van der Waals surface area contributed by atoms with Crippen molar-refractivity contribution in [3.05, 3.63) is 0 Å². The first-order valence-corrected chi connectivity index (χ1v) is 27.7. The SMILES string of the molecule is CCCCCCCCCCCCOCC(COCCCCCCCCCCCC)O[C@@H]1O[C@H](CO)[C@@H](O[C@H]2O[C@H](CO)[C@@H](O[C@@H]3O[C@H](CO)[C@@H](O[C@H]4O[C@H](CO)[C@@H](O)[C@H](O)[C@H]4O)[C@H](O)[C@H]3O)[C@H](O)[C@H]2O)[C@H](O)[C@H]1O. The second-order valence-electron chi connectivity index (χ2n) is 20.4. The van der Waals surface area contributed by atoms with Crippen LogP contribution in [0.2, 0.25) is 0 Å². The van der Waals surface area contributed by atoms with E-state index in [2.05, 4.69) is 13.8 Å². The maximum atomic E-state index is 11.4. The third kappa shape index (κ3) is 20.3. The summed E-state index contributed by atoms with van der Waals surface area (Å²) in [7, 11) is 0. The molecule has 0 spiro atoms. The van der Waals surface area contributed by atoms with Gasteiger partial charge in [0.25, 0.3) is 0 Å². The average molecular weight is 1080 g/mol. The lowest BCUT2D eigenvalue weighted by Gasteiger charge is -2.49. The summed E-state index contributed by atoms with van der Waals surface area (Å²) in [6.07, 6.45) is -12.1. The van der Waals surface area contributed by atoms with Crippen LogP contribution in [0.5, 0.6) is 0 Å². The van der Waals surface area contributed by atoms with Crippen LogP contribution in [0.4, 0.5) is 0 Å². The van der Waals surface area contributed by atoms with E-state index >= 15 is 0 Å². The summed E-state index contributed by atoms with van der Waals surface area (Å²) in [5.74, 6) is 0. The van der Waals surface area contributed by atoms with E-state index in [4.69, 9.17) is 47.4 Å². The number of hydrogen-bond acceptors (Lipinski definition) is 23. The zero-order valence-electron chi connectivity index (χ0n) is 43.8. The minimum Gasteiger partial charge on any atom is -0.394 e. The molecule has 0 aromatic heterocycles. The molecular formula is C51H96O23. The lowest BCUT2D eigenvalue weighted by Crippen LogP contribution is -2.67. The topological polar surface area (TPSA) is 355 Å². The smallest absolute Gasteiger partial charge is 0.187 e. The zero-order valence-corrected chi connectivity index (χ0v) is 43.8. The molecule has 0 radical (unpaired) electrons. The minimum atomic E-state index is -2.03. The van der Waals surface area contributed by atoms with Crippen LogP contribution in [-0.4, -0.2) is 248 Å². The summed E-state index contributed by atoms with van der Waals surface area (Å²) >= 11 is 0. The summed E-state index contributed by atoms with van der Waals surface area (Å²) in [6, 6.07) is 0. The highest BCUT2D eigenvalue weighted by Gasteiger charge is 2.55. The molecule has 0 aromatic rings. The lowest BCUT2D eigenvalue weighted by molar-refractivity contribution is -0.389. The van der Waals surface area contributed by atoms with Crippen molar-refractivity contribution in [2.24, 2.45) is 0 Å². The van der Waals surface area contributed by atoms with Crippen molar-refractivity contribution in [1.29, 1.82) is 0 Å². The third-order valence-corrected chi connectivity index (χ3v) is 14.4. The first-order valence-electron chi connectivity index (χ1n) is 27.7. The Morgan fingerprint density at radius 2 is 0.608 bits per heavy atom. The Bertz CT molecular complexity index is 1380.